The average Bonchev–Trinajstić information content (AvgIpc) is 2.98. The van der Waals surface area contributed by atoms with E-state index in [0.29, 0.717) is 17.9 Å². The number of carbonyl (C=O) groups excluding carboxylic acids is 1. The van der Waals surface area contributed by atoms with Gasteiger partial charge in [0.05, 0.1) is 4.90 Å². The van der Waals surface area contributed by atoms with E-state index in [4.69, 9.17) is 0 Å². The fourth-order valence-electron chi connectivity index (χ4n) is 2.70. The molecule has 1 amide bonds. The third-order valence-corrected chi connectivity index (χ3v) is 5.51. The van der Waals surface area contributed by atoms with Crippen LogP contribution in [0.4, 0.5) is 5.69 Å². The SMILES string of the molecule is CC(C)NS(=O)(=O)c1ccc(NC(=O)c2n[nH]c3c2CNCC3)cc1.Cl. The van der Waals surface area contributed by atoms with Gasteiger partial charge in [-0.2, -0.15) is 5.10 Å². The third kappa shape index (κ3) is 4.42. The van der Waals surface area contributed by atoms with Crippen LogP contribution in [0.3, 0.4) is 0 Å². The van der Waals surface area contributed by atoms with Crippen molar-refractivity contribution in [1.29, 1.82) is 0 Å². The molecule has 0 radical (unpaired) electrons. The highest BCUT2D eigenvalue weighted by atomic mass is 35.5. The third-order valence-electron chi connectivity index (χ3n) is 3.83. The topological polar surface area (TPSA) is 116 Å². The number of benzene rings is 1. The summed E-state index contributed by atoms with van der Waals surface area (Å²) in [5.41, 5.74) is 2.73. The van der Waals surface area contributed by atoms with Gasteiger partial charge < -0.3 is 10.6 Å². The van der Waals surface area contributed by atoms with Gasteiger partial charge >= 0.3 is 0 Å². The van der Waals surface area contributed by atoms with Gasteiger partial charge in [0.25, 0.3) is 5.91 Å². The molecule has 0 spiro atoms. The van der Waals surface area contributed by atoms with E-state index in [1.54, 1.807) is 26.0 Å². The number of anilines is 1. The van der Waals surface area contributed by atoms with Crippen molar-refractivity contribution in [2.24, 2.45) is 0 Å². The zero-order chi connectivity index (χ0) is 18.0. The number of nitrogens with zero attached hydrogens (tertiary/aromatic N) is 1. The molecule has 0 unspecified atom stereocenters. The first-order chi connectivity index (χ1) is 11.9. The number of halogens is 1. The lowest BCUT2D eigenvalue weighted by Gasteiger charge is -2.13. The molecule has 26 heavy (non-hydrogen) atoms. The minimum absolute atomic E-state index is 0. The van der Waals surface area contributed by atoms with E-state index >= 15 is 0 Å². The second-order valence-corrected chi connectivity index (χ2v) is 7.92. The van der Waals surface area contributed by atoms with E-state index in [0.717, 1.165) is 24.2 Å². The quantitative estimate of drug-likeness (QED) is 0.606. The summed E-state index contributed by atoms with van der Waals surface area (Å²) in [7, 11) is -3.55. The smallest absolute Gasteiger partial charge is 0.276 e. The van der Waals surface area contributed by atoms with E-state index in [9.17, 15) is 13.2 Å². The lowest BCUT2D eigenvalue weighted by molar-refractivity contribution is 0.102. The second kappa shape index (κ2) is 8.17. The summed E-state index contributed by atoms with van der Waals surface area (Å²) in [5.74, 6) is -0.322. The molecule has 1 aromatic carbocycles. The lowest BCUT2D eigenvalue weighted by Crippen LogP contribution is -2.30. The predicted molar refractivity (Wildman–Crippen MR) is 101 cm³/mol. The van der Waals surface area contributed by atoms with Crippen LogP contribution in [0.5, 0.6) is 0 Å². The van der Waals surface area contributed by atoms with E-state index in [2.05, 4.69) is 25.6 Å². The number of carbonyl (C=O) groups is 1. The summed E-state index contributed by atoms with van der Waals surface area (Å²) in [6.45, 7) is 4.97. The predicted octanol–water partition coefficient (Wildman–Crippen LogP) is 1.42. The highest BCUT2D eigenvalue weighted by Crippen LogP contribution is 2.18. The maximum atomic E-state index is 12.4. The van der Waals surface area contributed by atoms with Gasteiger partial charge in [-0.1, -0.05) is 0 Å². The number of aromatic nitrogens is 2. The summed E-state index contributed by atoms with van der Waals surface area (Å²) in [5, 5.41) is 13.0. The molecule has 1 aromatic heterocycles. The normalized spacial score (nSPS) is 13.8. The molecule has 1 aliphatic heterocycles. The molecule has 2 heterocycles. The maximum Gasteiger partial charge on any atom is 0.276 e. The Labute approximate surface area is 158 Å². The van der Waals surface area contributed by atoms with Crippen molar-refractivity contribution >= 4 is 34.0 Å². The van der Waals surface area contributed by atoms with Gasteiger partial charge in [-0.3, -0.25) is 9.89 Å². The van der Waals surface area contributed by atoms with Gasteiger partial charge in [0.1, 0.15) is 0 Å². The van der Waals surface area contributed by atoms with Crippen LogP contribution in [0.1, 0.15) is 35.6 Å². The molecule has 2 aromatic rings. The maximum absolute atomic E-state index is 12.4. The number of amides is 1. The Morgan fingerprint density at radius 1 is 1.23 bits per heavy atom. The number of aromatic amines is 1. The molecule has 1 aliphatic rings. The first kappa shape index (κ1) is 20.4. The van der Waals surface area contributed by atoms with Gasteiger partial charge in [0.15, 0.2) is 5.69 Å². The average molecular weight is 400 g/mol. The molecule has 0 atom stereocenters. The van der Waals surface area contributed by atoms with Crippen LogP contribution in [0.2, 0.25) is 0 Å². The Bertz CT molecular complexity index is 878. The van der Waals surface area contributed by atoms with E-state index in [1.807, 2.05) is 0 Å². The Hall–Kier alpha value is -1.94. The Kier molecular flexibility index (Phi) is 6.40. The largest absolute Gasteiger partial charge is 0.321 e. The molecule has 3 rings (SSSR count). The monoisotopic (exact) mass is 399 g/mol. The number of hydrogen-bond donors (Lipinski definition) is 4. The summed E-state index contributed by atoms with van der Waals surface area (Å²) in [6, 6.07) is 5.85. The van der Waals surface area contributed by atoms with Crippen LogP contribution in [-0.2, 0) is 23.0 Å². The van der Waals surface area contributed by atoms with Crippen molar-refractivity contribution < 1.29 is 13.2 Å². The van der Waals surface area contributed by atoms with Gasteiger partial charge in [-0.15, -0.1) is 12.4 Å². The van der Waals surface area contributed by atoms with Gasteiger partial charge in [0.2, 0.25) is 10.0 Å². The van der Waals surface area contributed by atoms with Crippen LogP contribution >= 0.6 is 12.4 Å². The molecule has 0 saturated carbocycles. The van der Waals surface area contributed by atoms with E-state index in [-0.39, 0.29) is 29.3 Å². The highest BCUT2D eigenvalue weighted by molar-refractivity contribution is 7.89. The van der Waals surface area contributed by atoms with Crippen LogP contribution in [0.15, 0.2) is 29.2 Å². The number of hydrogen-bond acceptors (Lipinski definition) is 5. The number of nitrogens with one attached hydrogen (secondary N) is 4. The van der Waals surface area contributed by atoms with Crippen molar-refractivity contribution in [2.75, 3.05) is 11.9 Å². The van der Waals surface area contributed by atoms with Gasteiger partial charge in [-0.05, 0) is 38.1 Å². The molecule has 0 bridgehead atoms. The van der Waals surface area contributed by atoms with E-state index < -0.39 is 10.0 Å². The fourth-order valence-corrected chi connectivity index (χ4v) is 3.95. The molecule has 0 fully saturated rings. The van der Waals surface area contributed by atoms with Crippen molar-refractivity contribution in [3.05, 3.63) is 41.2 Å². The fraction of sp³-hybridized carbons (Fsp3) is 0.375. The minimum atomic E-state index is -3.55. The number of fused-ring (bicyclic) bond motifs is 1. The van der Waals surface area contributed by atoms with Crippen molar-refractivity contribution in [3.63, 3.8) is 0 Å². The van der Waals surface area contributed by atoms with Crippen molar-refractivity contribution in [3.8, 4) is 0 Å². The minimum Gasteiger partial charge on any atom is -0.321 e. The molecule has 0 saturated heterocycles. The first-order valence-corrected chi connectivity index (χ1v) is 9.56. The van der Waals surface area contributed by atoms with Gasteiger partial charge in [-0.25, -0.2) is 13.1 Å². The molecule has 10 heteroatoms. The molecule has 4 N–H and O–H groups in total. The summed E-state index contributed by atoms with van der Waals surface area (Å²) in [6.07, 6.45) is 0.811. The number of H-pyrrole nitrogens is 1. The van der Waals surface area contributed by atoms with Crippen LogP contribution in [-0.4, -0.2) is 37.1 Å². The summed E-state index contributed by atoms with van der Waals surface area (Å²) >= 11 is 0. The molecule has 0 aliphatic carbocycles. The second-order valence-electron chi connectivity index (χ2n) is 6.21. The van der Waals surface area contributed by atoms with Crippen LogP contribution < -0.4 is 15.4 Å². The highest BCUT2D eigenvalue weighted by Gasteiger charge is 2.22. The summed E-state index contributed by atoms with van der Waals surface area (Å²) in [4.78, 5) is 12.6. The Balaban J connectivity index is 0.00000243. The number of sulfonamides is 1. The zero-order valence-corrected chi connectivity index (χ0v) is 16.1. The molecular formula is C16H22ClN5O3S. The lowest BCUT2D eigenvalue weighted by atomic mass is 10.1. The van der Waals surface area contributed by atoms with Crippen molar-refractivity contribution in [2.45, 2.75) is 37.8 Å². The molecule has 142 valence electrons. The zero-order valence-electron chi connectivity index (χ0n) is 14.5. The standard InChI is InChI=1S/C16H21N5O3S.ClH/c1-10(2)21-25(23,24)12-5-3-11(4-6-12)18-16(22)15-13-9-17-8-7-14(13)19-20-15;/h3-6,10,17,21H,7-9H2,1-2H3,(H,18,22)(H,19,20);1H. The molecule has 8 nitrogen and oxygen atoms in total. The van der Waals surface area contributed by atoms with Gasteiger partial charge in [0, 0.05) is 42.5 Å². The summed E-state index contributed by atoms with van der Waals surface area (Å²) < 4.78 is 26.7. The molecular weight excluding hydrogens is 378 g/mol. The number of rotatable bonds is 5. The Morgan fingerprint density at radius 2 is 1.92 bits per heavy atom. The van der Waals surface area contributed by atoms with E-state index in [1.165, 1.54) is 12.1 Å². The Morgan fingerprint density at radius 3 is 2.58 bits per heavy atom. The van der Waals surface area contributed by atoms with Crippen molar-refractivity contribution in [1.82, 2.24) is 20.2 Å². The van der Waals surface area contributed by atoms with Crippen LogP contribution in [0.25, 0.3) is 0 Å². The first-order valence-electron chi connectivity index (χ1n) is 8.07. The van der Waals surface area contributed by atoms with Crippen LogP contribution in [0, 0.1) is 0 Å².